The molecule has 4 nitrogen and oxygen atoms in total. The van der Waals surface area contributed by atoms with E-state index in [0.29, 0.717) is 21.5 Å². The van der Waals surface area contributed by atoms with E-state index < -0.39 is 10.0 Å². The number of nitrogens with zero attached hydrogens (tertiary/aromatic N) is 1. The fourth-order valence-corrected chi connectivity index (χ4v) is 5.67. The second kappa shape index (κ2) is 5.40. The van der Waals surface area contributed by atoms with Crippen molar-refractivity contribution in [3.8, 4) is 0 Å². The maximum absolute atomic E-state index is 12.8. The van der Waals surface area contributed by atoms with E-state index in [0.717, 1.165) is 12.8 Å². The van der Waals surface area contributed by atoms with Crippen LogP contribution in [0.5, 0.6) is 0 Å². The Kier molecular flexibility index (Phi) is 3.92. The maximum Gasteiger partial charge on any atom is 0.244 e. The molecular weight excluding hydrogens is 340 g/mol. The molecule has 2 aliphatic rings. The molecule has 1 aromatic rings. The number of halogens is 1. The van der Waals surface area contributed by atoms with E-state index in [1.54, 1.807) is 29.6 Å². The highest BCUT2D eigenvalue weighted by Gasteiger charge is 2.39. The predicted octanol–water partition coefficient (Wildman–Crippen LogP) is 2.35. The summed E-state index contributed by atoms with van der Waals surface area (Å²) in [7, 11) is -1.72. The van der Waals surface area contributed by atoms with Gasteiger partial charge in [-0.2, -0.15) is 4.31 Å². The van der Waals surface area contributed by atoms with Crippen LogP contribution >= 0.6 is 15.9 Å². The topological polar surface area (TPSA) is 49.4 Å². The van der Waals surface area contributed by atoms with Gasteiger partial charge in [0, 0.05) is 29.6 Å². The van der Waals surface area contributed by atoms with Crippen molar-refractivity contribution >= 4 is 26.0 Å². The molecular formula is C14H19BrN2O2S. The lowest BCUT2D eigenvalue weighted by Crippen LogP contribution is -2.48. The first-order chi connectivity index (χ1) is 9.48. The number of hydrogen-bond acceptors (Lipinski definition) is 3. The summed E-state index contributed by atoms with van der Waals surface area (Å²) in [6.07, 6.45) is 4.17. The van der Waals surface area contributed by atoms with Gasteiger partial charge in [0.25, 0.3) is 0 Å². The summed E-state index contributed by atoms with van der Waals surface area (Å²) in [4.78, 5) is 0.355. The predicted molar refractivity (Wildman–Crippen MR) is 82.1 cm³/mol. The first-order valence-electron chi connectivity index (χ1n) is 6.97. The summed E-state index contributed by atoms with van der Waals surface area (Å²) in [6, 6.07) is 8.08. The van der Waals surface area contributed by atoms with Crippen molar-refractivity contribution < 1.29 is 8.42 Å². The van der Waals surface area contributed by atoms with Crippen molar-refractivity contribution in [2.45, 2.75) is 48.7 Å². The van der Waals surface area contributed by atoms with Crippen molar-refractivity contribution in [3.05, 3.63) is 28.7 Å². The fourth-order valence-electron chi connectivity index (χ4n) is 3.33. The van der Waals surface area contributed by atoms with Gasteiger partial charge >= 0.3 is 0 Å². The van der Waals surface area contributed by atoms with Crippen LogP contribution in [0.2, 0.25) is 0 Å². The minimum Gasteiger partial charge on any atom is -0.311 e. The van der Waals surface area contributed by atoms with Crippen LogP contribution in [0, 0.1) is 0 Å². The van der Waals surface area contributed by atoms with Gasteiger partial charge in [0.15, 0.2) is 0 Å². The molecule has 0 aromatic heterocycles. The molecule has 2 heterocycles. The summed E-state index contributed by atoms with van der Waals surface area (Å²) >= 11 is 3.34. The van der Waals surface area contributed by atoms with E-state index >= 15 is 0 Å². The summed E-state index contributed by atoms with van der Waals surface area (Å²) in [5.41, 5.74) is 0. The second-order valence-electron chi connectivity index (χ2n) is 5.71. The summed E-state index contributed by atoms with van der Waals surface area (Å²) in [6.45, 7) is 0. The molecule has 1 N–H and O–H groups in total. The quantitative estimate of drug-likeness (QED) is 0.902. The summed E-state index contributed by atoms with van der Waals surface area (Å²) in [5.74, 6) is 0. The van der Waals surface area contributed by atoms with Crippen molar-refractivity contribution in [2.75, 3.05) is 7.05 Å². The van der Waals surface area contributed by atoms with E-state index in [2.05, 4.69) is 21.2 Å². The normalized spacial score (nSPS) is 29.9. The molecule has 1 aromatic carbocycles. The van der Waals surface area contributed by atoms with Gasteiger partial charge in [-0.1, -0.05) is 12.1 Å². The SMILES string of the molecule is CN(C1CC2CCC(C1)N2)S(=O)(=O)c1ccccc1Br. The van der Waals surface area contributed by atoms with Gasteiger partial charge in [0.05, 0.1) is 4.90 Å². The van der Waals surface area contributed by atoms with Gasteiger partial charge in [0.2, 0.25) is 10.0 Å². The van der Waals surface area contributed by atoms with Crippen molar-refractivity contribution in [2.24, 2.45) is 0 Å². The number of fused-ring (bicyclic) bond motifs is 2. The van der Waals surface area contributed by atoms with Crippen LogP contribution in [0.4, 0.5) is 0 Å². The Hall–Kier alpha value is -0.430. The Balaban J connectivity index is 1.86. The molecule has 0 amide bonds. The number of piperidine rings is 1. The number of nitrogens with one attached hydrogen (secondary N) is 1. The largest absolute Gasteiger partial charge is 0.311 e. The molecule has 20 heavy (non-hydrogen) atoms. The third-order valence-electron chi connectivity index (χ3n) is 4.46. The average molecular weight is 359 g/mol. The Labute approximate surface area is 128 Å². The van der Waals surface area contributed by atoms with Gasteiger partial charge in [-0.25, -0.2) is 8.42 Å². The Morgan fingerprint density at radius 2 is 1.80 bits per heavy atom. The van der Waals surface area contributed by atoms with Crippen LogP contribution in [0.1, 0.15) is 25.7 Å². The highest BCUT2D eigenvalue weighted by molar-refractivity contribution is 9.10. The van der Waals surface area contributed by atoms with Gasteiger partial charge in [0.1, 0.15) is 0 Å². The van der Waals surface area contributed by atoms with Crippen LogP contribution in [-0.4, -0.2) is 37.9 Å². The maximum atomic E-state index is 12.8. The molecule has 2 fully saturated rings. The van der Waals surface area contributed by atoms with Crippen molar-refractivity contribution in [1.29, 1.82) is 0 Å². The molecule has 2 aliphatic heterocycles. The molecule has 3 rings (SSSR count). The average Bonchev–Trinajstić information content (AvgIpc) is 2.77. The standard InChI is InChI=1S/C14H19BrN2O2S/c1-17(12-8-10-6-7-11(9-12)16-10)20(18,19)14-5-3-2-4-13(14)15/h2-5,10-12,16H,6-9H2,1H3. The van der Waals surface area contributed by atoms with Crippen molar-refractivity contribution in [1.82, 2.24) is 9.62 Å². The molecule has 0 saturated carbocycles. The smallest absolute Gasteiger partial charge is 0.244 e. The highest BCUT2D eigenvalue weighted by atomic mass is 79.9. The molecule has 0 spiro atoms. The molecule has 110 valence electrons. The zero-order valence-electron chi connectivity index (χ0n) is 11.4. The molecule has 2 bridgehead atoms. The Morgan fingerprint density at radius 3 is 2.40 bits per heavy atom. The summed E-state index contributed by atoms with van der Waals surface area (Å²) in [5, 5.41) is 3.55. The lowest BCUT2D eigenvalue weighted by Gasteiger charge is -2.35. The van der Waals surface area contributed by atoms with Crippen LogP contribution in [-0.2, 0) is 10.0 Å². The Bertz CT molecular complexity index is 593. The van der Waals surface area contributed by atoms with E-state index in [9.17, 15) is 8.42 Å². The monoisotopic (exact) mass is 358 g/mol. The van der Waals surface area contributed by atoms with Crippen molar-refractivity contribution in [3.63, 3.8) is 0 Å². The zero-order chi connectivity index (χ0) is 14.3. The van der Waals surface area contributed by atoms with E-state index in [-0.39, 0.29) is 6.04 Å². The molecule has 2 atom stereocenters. The van der Waals surface area contributed by atoms with E-state index in [1.807, 2.05) is 6.07 Å². The minimum absolute atomic E-state index is 0.103. The first kappa shape index (κ1) is 14.5. The molecule has 2 saturated heterocycles. The number of benzene rings is 1. The minimum atomic E-state index is -3.43. The van der Waals surface area contributed by atoms with Gasteiger partial charge in [-0.05, 0) is 53.7 Å². The van der Waals surface area contributed by atoms with Crippen LogP contribution < -0.4 is 5.32 Å². The number of sulfonamides is 1. The van der Waals surface area contributed by atoms with Gasteiger partial charge in [-0.15, -0.1) is 0 Å². The van der Waals surface area contributed by atoms with Crippen LogP contribution in [0.25, 0.3) is 0 Å². The third kappa shape index (κ3) is 2.54. The van der Waals surface area contributed by atoms with Crippen LogP contribution in [0.15, 0.2) is 33.6 Å². The second-order valence-corrected chi connectivity index (χ2v) is 8.54. The van der Waals surface area contributed by atoms with Crippen LogP contribution in [0.3, 0.4) is 0 Å². The zero-order valence-corrected chi connectivity index (χ0v) is 13.8. The molecule has 2 unspecified atom stereocenters. The highest BCUT2D eigenvalue weighted by Crippen LogP contribution is 2.33. The first-order valence-corrected chi connectivity index (χ1v) is 9.20. The number of hydrogen-bond donors (Lipinski definition) is 1. The van der Waals surface area contributed by atoms with Gasteiger partial charge in [-0.3, -0.25) is 0 Å². The van der Waals surface area contributed by atoms with E-state index in [4.69, 9.17) is 0 Å². The Morgan fingerprint density at radius 1 is 1.20 bits per heavy atom. The number of rotatable bonds is 3. The summed E-state index contributed by atoms with van der Waals surface area (Å²) < 4.78 is 27.7. The van der Waals surface area contributed by atoms with Gasteiger partial charge < -0.3 is 5.32 Å². The fraction of sp³-hybridized carbons (Fsp3) is 0.571. The third-order valence-corrected chi connectivity index (χ3v) is 7.38. The lowest BCUT2D eigenvalue weighted by molar-refractivity contribution is 0.251. The van der Waals surface area contributed by atoms with E-state index in [1.165, 1.54) is 12.8 Å². The lowest BCUT2D eigenvalue weighted by atomic mass is 10.0. The molecule has 0 aliphatic carbocycles. The molecule has 0 radical (unpaired) electrons. The molecule has 6 heteroatoms.